The lowest BCUT2D eigenvalue weighted by Gasteiger charge is -2.37. The average molecular weight is 874 g/mol. The number of Topliss-reactive ketones (excluding diaryl/α,β-unsaturated/α-hetero) is 1. The quantitative estimate of drug-likeness (QED) is 0.0236. The molecule has 6 aromatic rings. The summed E-state index contributed by atoms with van der Waals surface area (Å²) < 4.78 is 31.5. The molecule has 0 aliphatic carbocycles. The highest BCUT2D eigenvalue weighted by molar-refractivity contribution is 6.76. The molecule has 0 saturated carbocycles. The molecule has 15 heteroatoms. The number of imidazole rings is 1. The number of rotatable bonds is 20. The average Bonchev–Trinajstić information content (AvgIpc) is 3.85. The van der Waals surface area contributed by atoms with Crippen LogP contribution in [0.3, 0.4) is 0 Å². The van der Waals surface area contributed by atoms with Gasteiger partial charge in [-0.15, -0.1) is 0 Å². The Labute approximate surface area is 368 Å². The Hall–Kier alpha value is -5.97. The predicted molar refractivity (Wildman–Crippen MR) is 241 cm³/mol. The smallest absolute Gasteiger partial charge is 0.305 e. The molecular weight excluding hydrogens is 819 g/mol. The first-order valence-electron chi connectivity index (χ1n) is 21.1. The van der Waals surface area contributed by atoms with Gasteiger partial charge in [-0.2, -0.15) is 4.98 Å². The van der Waals surface area contributed by atoms with E-state index < -0.39 is 38.2 Å². The highest BCUT2D eigenvalue weighted by atomic mass is 28.3. The fraction of sp³-hybridized carbons (Fsp3) is 0.354. The van der Waals surface area contributed by atoms with E-state index in [0.29, 0.717) is 47.8 Å². The largest absolute Gasteiger partial charge is 0.497 e. The normalized spacial score (nSPS) is 17.7. The zero-order valence-corrected chi connectivity index (χ0v) is 37.3. The van der Waals surface area contributed by atoms with Gasteiger partial charge in [0.15, 0.2) is 17.7 Å². The van der Waals surface area contributed by atoms with Crippen molar-refractivity contribution < 1.29 is 43.5 Å². The Balaban J connectivity index is 1.16. The minimum Gasteiger partial charge on any atom is -0.497 e. The molecule has 3 heterocycles. The number of methoxy groups -OCH3 is 2. The van der Waals surface area contributed by atoms with E-state index in [1.165, 1.54) is 6.33 Å². The van der Waals surface area contributed by atoms with Crippen molar-refractivity contribution in [1.29, 1.82) is 0 Å². The molecule has 0 bridgehead atoms. The Morgan fingerprint density at radius 1 is 0.810 bits per heavy atom. The van der Waals surface area contributed by atoms with Crippen molar-refractivity contribution in [2.75, 3.05) is 39.3 Å². The molecule has 0 spiro atoms. The fourth-order valence-electron chi connectivity index (χ4n) is 7.60. The van der Waals surface area contributed by atoms with Crippen LogP contribution in [0.15, 0.2) is 116 Å². The Kier molecular flexibility index (Phi) is 14.3. The number of hydrogen-bond acceptors (Lipinski definition) is 13. The number of carbonyl (C=O) groups is 2. The van der Waals surface area contributed by atoms with Crippen LogP contribution in [0, 0.1) is 0 Å². The lowest BCUT2D eigenvalue weighted by Crippen LogP contribution is -2.39. The van der Waals surface area contributed by atoms with Gasteiger partial charge >= 0.3 is 5.97 Å². The van der Waals surface area contributed by atoms with E-state index in [9.17, 15) is 19.8 Å². The van der Waals surface area contributed by atoms with Gasteiger partial charge in [-0.1, -0.05) is 105 Å². The molecule has 2 aromatic heterocycles. The molecule has 1 aliphatic heterocycles. The maximum atomic E-state index is 13.5. The van der Waals surface area contributed by atoms with E-state index in [4.69, 9.17) is 33.7 Å². The van der Waals surface area contributed by atoms with Crippen LogP contribution < -0.4 is 14.8 Å². The molecular formula is C48H55N5O9Si. The minimum absolute atomic E-state index is 0.0798. The fourth-order valence-corrected chi connectivity index (χ4v) is 8.31. The molecule has 4 aromatic carbocycles. The Morgan fingerprint density at radius 3 is 2.02 bits per heavy atom. The van der Waals surface area contributed by atoms with Crippen molar-refractivity contribution >= 4 is 36.9 Å². The summed E-state index contributed by atoms with van der Waals surface area (Å²) in [4.78, 5) is 40.0. The number of esters is 1. The standard InChI is InChI=1S/C48H55N5O9Si/c1-58-36-22-18-34(19-23-36)48(33-15-10-7-11-16-33,35-20-24-37(59-2)25-21-35)61-30-40-43(56)44(57)46(62-40)53-31-50-42-38(29-39(54)32-13-8-6-9-14-32)51-47(52-45(42)53)49-26-12-17-41(55)60-27-28-63(3,4)5/h6-11,13-16,18-25,31,40,43-44,46,56-57H,12,17,26-30H2,1-5H3,(H,49,51,52)/t40-,43?,44-,46-/m1/s1. The van der Waals surface area contributed by atoms with Crippen molar-refractivity contribution in [1.82, 2.24) is 19.5 Å². The number of carbonyl (C=O) groups excluding carboxylic acids is 2. The number of aromatic nitrogens is 4. The number of benzene rings is 4. The van der Waals surface area contributed by atoms with Gasteiger partial charge in [0.1, 0.15) is 40.9 Å². The monoisotopic (exact) mass is 873 g/mol. The predicted octanol–water partition coefficient (Wildman–Crippen LogP) is 6.97. The molecule has 0 radical (unpaired) electrons. The van der Waals surface area contributed by atoms with Crippen LogP contribution in [0.1, 0.15) is 51.8 Å². The lowest BCUT2D eigenvalue weighted by atomic mass is 9.80. The molecule has 1 fully saturated rings. The molecule has 330 valence electrons. The summed E-state index contributed by atoms with van der Waals surface area (Å²) in [6.45, 7) is 7.31. The number of nitrogens with zero attached hydrogens (tertiary/aromatic N) is 4. The summed E-state index contributed by atoms with van der Waals surface area (Å²) in [6.07, 6.45) is -2.89. The Bertz CT molecular complexity index is 2400. The van der Waals surface area contributed by atoms with Gasteiger partial charge in [-0.25, -0.2) is 9.97 Å². The summed E-state index contributed by atoms with van der Waals surface area (Å²) in [5.74, 6) is 1.11. The molecule has 1 unspecified atom stereocenters. The van der Waals surface area contributed by atoms with E-state index >= 15 is 0 Å². The second kappa shape index (κ2) is 20.0. The second-order valence-electron chi connectivity index (χ2n) is 16.7. The number of aliphatic hydroxyl groups excluding tert-OH is 2. The van der Waals surface area contributed by atoms with Crippen LogP contribution in [0.4, 0.5) is 5.95 Å². The van der Waals surface area contributed by atoms with Crippen molar-refractivity contribution in [3.05, 3.63) is 143 Å². The first-order chi connectivity index (χ1) is 30.4. The summed E-state index contributed by atoms with van der Waals surface area (Å²) in [5, 5.41) is 26.5. The summed E-state index contributed by atoms with van der Waals surface area (Å²) in [5.41, 5.74) is 2.69. The van der Waals surface area contributed by atoms with Crippen molar-refractivity contribution in [3.8, 4) is 11.5 Å². The molecule has 0 amide bonds. The van der Waals surface area contributed by atoms with E-state index in [2.05, 4.69) is 29.9 Å². The van der Waals surface area contributed by atoms with Gasteiger partial charge < -0.3 is 39.2 Å². The number of aliphatic hydroxyl groups is 2. The molecule has 1 saturated heterocycles. The number of ether oxygens (including phenoxy) is 5. The van der Waals surface area contributed by atoms with Gasteiger partial charge in [0.2, 0.25) is 5.95 Å². The van der Waals surface area contributed by atoms with Crippen LogP contribution in [-0.2, 0) is 31.0 Å². The van der Waals surface area contributed by atoms with E-state index in [0.717, 1.165) is 22.7 Å². The van der Waals surface area contributed by atoms with Crippen molar-refractivity contribution in [3.63, 3.8) is 0 Å². The second-order valence-corrected chi connectivity index (χ2v) is 22.3. The van der Waals surface area contributed by atoms with Gasteiger partial charge in [0.05, 0.1) is 45.9 Å². The maximum absolute atomic E-state index is 13.5. The third-order valence-electron chi connectivity index (χ3n) is 11.1. The van der Waals surface area contributed by atoms with E-state index in [1.807, 2.05) is 84.9 Å². The zero-order chi connectivity index (χ0) is 44.6. The van der Waals surface area contributed by atoms with Gasteiger partial charge in [-0.05, 0) is 53.4 Å². The molecule has 1 aliphatic rings. The molecule has 3 N–H and O–H groups in total. The summed E-state index contributed by atoms with van der Waals surface area (Å²) >= 11 is 0. The molecule has 14 nitrogen and oxygen atoms in total. The lowest BCUT2D eigenvalue weighted by molar-refractivity contribution is -0.143. The highest BCUT2D eigenvalue weighted by Gasteiger charge is 2.47. The maximum Gasteiger partial charge on any atom is 0.305 e. The third-order valence-corrected chi connectivity index (χ3v) is 12.8. The van der Waals surface area contributed by atoms with Gasteiger partial charge in [0.25, 0.3) is 0 Å². The SMILES string of the molecule is COc1ccc(C(OC[C@H]2O[C@@H](n3cnc4c(CC(=O)c5ccccc5)nc(NCCCC(=O)OCC[Si](C)(C)C)nc43)[C@H](O)C2O)(c2ccccc2)c2ccc(OC)cc2)cc1. The topological polar surface area (TPSA) is 176 Å². The van der Waals surface area contributed by atoms with E-state index in [1.54, 1.807) is 43.1 Å². The Morgan fingerprint density at radius 2 is 1.41 bits per heavy atom. The third kappa shape index (κ3) is 10.5. The number of ketones is 1. The van der Waals surface area contributed by atoms with Crippen LogP contribution in [0.5, 0.6) is 11.5 Å². The van der Waals surface area contributed by atoms with E-state index in [-0.39, 0.29) is 42.8 Å². The summed E-state index contributed by atoms with van der Waals surface area (Å²) in [6, 6.07) is 34.7. The number of nitrogens with one attached hydrogen (secondary N) is 1. The zero-order valence-electron chi connectivity index (χ0n) is 36.3. The van der Waals surface area contributed by atoms with Crippen molar-refractivity contribution in [2.24, 2.45) is 0 Å². The molecule has 4 atom stereocenters. The number of hydrogen-bond donors (Lipinski definition) is 3. The molecule has 63 heavy (non-hydrogen) atoms. The number of anilines is 1. The van der Waals surface area contributed by atoms with Crippen LogP contribution in [0.2, 0.25) is 25.7 Å². The van der Waals surface area contributed by atoms with Crippen LogP contribution in [0.25, 0.3) is 11.2 Å². The summed E-state index contributed by atoms with van der Waals surface area (Å²) in [7, 11) is 1.88. The van der Waals surface area contributed by atoms with Crippen LogP contribution >= 0.6 is 0 Å². The van der Waals surface area contributed by atoms with Gasteiger partial charge in [0, 0.05) is 26.6 Å². The first-order valence-corrected chi connectivity index (χ1v) is 24.8. The van der Waals surface area contributed by atoms with Crippen molar-refractivity contribution in [2.45, 2.75) is 75.1 Å². The minimum atomic E-state index is -1.42. The number of fused-ring (bicyclic) bond motifs is 1. The van der Waals surface area contributed by atoms with Gasteiger partial charge in [-0.3, -0.25) is 14.2 Å². The highest BCUT2D eigenvalue weighted by Crippen LogP contribution is 2.43. The molecule has 7 rings (SSSR count). The first kappa shape index (κ1) is 45.1. The van der Waals surface area contributed by atoms with Crippen LogP contribution in [-0.4, -0.2) is 102 Å².